The molecule has 1 aromatic carbocycles. The fourth-order valence-corrected chi connectivity index (χ4v) is 5.19. The number of carbonyl (C=O) groups is 1. The number of aryl methyl sites for hydroxylation is 3. The first kappa shape index (κ1) is 20.8. The maximum absolute atomic E-state index is 12.7. The van der Waals surface area contributed by atoms with Gasteiger partial charge in [0.15, 0.2) is 0 Å². The van der Waals surface area contributed by atoms with Gasteiger partial charge in [0.1, 0.15) is 0 Å². The standard InChI is InChI=1S/C21H21N5OS3/c1-15-6-8-16(9-7-15)20(18-5-3-13-29-18)22-19(27)14-30-21-23-24-25-26(21)11-10-17-4-2-12-28-17/h2-9,12-13,20H,10-11,14H2,1H3,(H,22,27). The molecular weight excluding hydrogens is 434 g/mol. The molecule has 9 heteroatoms. The van der Waals surface area contributed by atoms with Crippen molar-refractivity contribution in [2.24, 2.45) is 0 Å². The van der Waals surface area contributed by atoms with Crippen LogP contribution in [0.2, 0.25) is 0 Å². The molecule has 0 aliphatic heterocycles. The molecule has 0 aliphatic rings. The Labute approximate surface area is 187 Å². The molecule has 0 saturated carbocycles. The topological polar surface area (TPSA) is 72.7 Å². The number of thiophene rings is 2. The number of benzene rings is 1. The number of amides is 1. The maximum Gasteiger partial charge on any atom is 0.231 e. The van der Waals surface area contributed by atoms with Crippen LogP contribution in [-0.4, -0.2) is 31.9 Å². The van der Waals surface area contributed by atoms with Crippen LogP contribution in [0.4, 0.5) is 0 Å². The first-order valence-electron chi connectivity index (χ1n) is 9.50. The zero-order chi connectivity index (χ0) is 20.8. The summed E-state index contributed by atoms with van der Waals surface area (Å²) in [7, 11) is 0. The van der Waals surface area contributed by atoms with Crippen LogP contribution >= 0.6 is 34.4 Å². The Kier molecular flexibility index (Phi) is 6.93. The largest absolute Gasteiger partial charge is 0.344 e. The van der Waals surface area contributed by atoms with E-state index in [9.17, 15) is 4.79 Å². The van der Waals surface area contributed by atoms with E-state index in [1.807, 2.05) is 23.6 Å². The molecule has 1 N–H and O–H groups in total. The minimum atomic E-state index is -0.159. The Hall–Kier alpha value is -2.49. The maximum atomic E-state index is 12.7. The molecule has 4 rings (SSSR count). The normalized spacial score (nSPS) is 12.0. The van der Waals surface area contributed by atoms with Crippen LogP contribution in [0.15, 0.2) is 64.4 Å². The number of carbonyl (C=O) groups excluding carboxylic acids is 1. The van der Waals surface area contributed by atoms with Gasteiger partial charge in [-0.2, -0.15) is 0 Å². The lowest BCUT2D eigenvalue weighted by molar-refractivity contribution is -0.119. The fourth-order valence-electron chi connectivity index (χ4n) is 2.98. The van der Waals surface area contributed by atoms with E-state index in [4.69, 9.17) is 0 Å². The van der Waals surface area contributed by atoms with E-state index in [1.165, 1.54) is 22.2 Å². The minimum Gasteiger partial charge on any atom is -0.344 e. The lowest BCUT2D eigenvalue weighted by Crippen LogP contribution is -2.30. The molecule has 0 fully saturated rings. The summed E-state index contributed by atoms with van der Waals surface area (Å²) >= 11 is 4.72. The number of nitrogens with one attached hydrogen (secondary N) is 1. The molecule has 154 valence electrons. The van der Waals surface area contributed by atoms with Crippen LogP contribution in [0, 0.1) is 6.92 Å². The van der Waals surface area contributed by atoms with Gasteiger partial charge >= 0.3 is 0 Å². The van der Waals surface area contributed by atoms with Crippen LogP contribution < -0.4 is 5.32 Å². The van der Waals surface area contributed by atoms with Gasteiger partial charge < -0.3 is 5.32 Å². The Morgan fingerprint density at radius 1 is 1.13 bits per heavy atom. The second-order valence-electron chi connectivity index (χ2n) is 6.73. The number of tetrazole rings is 1. The average molecular weight is 456 g/mol. The molecule has 1 atom stereocenters. The van der Waals surface area contributed by atoms with Gasteiger partial charge in [0.25, 0.3) is 0 Å². The summed E-state index contributed by atoms with van der Waals surface area (Å²) in [6.07, 6.45) is 0.871. The molecular formula is C21H21N5OS3. The van der Waals surface area contributed by atoms with Crippen molar-refractivity contribution in [3.63, 3.8) is 0 Å². The van der Waals surface area contributed by atoms with Gasteiger partial charge in [0.2, 0.25) is 11.1 Å². The molecule has 3 aromatic heterocycles. The van der Waals surface area contributed by atoms with Crippen molar-refractivity contribution in [2.45, 2.75) is 31.1 Å². The summed E-state index contributed by atoms with van der Waals surface area (Å²) in [6, 6.07) is 16.3. The predicted octanol–water partition coefficient (Wildman–Crippen LogP) is 4.35. The lowest BCUT2D eigenvalue weighted by Gasteiger charge is -2.18. The summed E-state index contributed by atoms with van der Waals surface area (Å²) in [5, 5.41) is 19.8. The van der Waals surface area contributed by atoms with Gasteiger partial charge in [-0.1, -0.05) is 53.7 Å². The molecule has 0 bridgehead atoms. The summed E-state index contributed by atoms with van der Waals surface area (Å²) < 4.78 is 1.76. The van der Waals surface area contributed by atoms with Crippen LogP contribution in [0.25, 0.3) is 0 Å². The zero-order valence-electron chi connectivity index (χ0n) is 16.4. The van der Waals surface area contributed by atoms with Crippen molar-refractivity contribution in [1.82, 2.24) is 25.5 Å². The Morgan fingerprint density at radius 3 is 2.67 bits per heavy atom. The Balaban J connectivity index is 1.37. The van der Waals surface area contributed by atoms with Gasteiger partial charge in [-0.3, -0.25) is 4.79 Å². The van der Waals surface area contributed by atoms with Gasteiger partial charge in [-0.25, -0.2) is 4.68 Å². The minimum absolute atomic E-state index is 0.0493. The second-order valence-corrected chi connectivity index (χ2v) is 9.68. The summed E-state index contributed by atoms with van der Waals surface area (Å²) in [5.74, 6) is 0.208. The number of hydrogen-bond donors (Lipinski definition) is 1. The third-order valence-electron chi connectivity index (χ3n) is 4.53. The lowest BCUT2D eigenvalue weighted by atomic mass is 10.0. The first-order valence-corrected chi connectivity index (χ1v) is 12.2. The molecule has 0 spiro atoms. The SMILES string of the molecule is Cc1ccc(C(NC(=O)CSc2nnnn2CCc2cccs2)c2cccs2)cc1. The van der Waals surface area contributed by atoms with Gasteiger partial charge in [-0.05, 0) is 45.8 Å². The van der Waals surface area contributed by atoms with Gasteiger partial charge in [0.05, 0.1) is 18.3 Å². The van der Waals surface area contributed by atoms with Crippen LogP contribution in [0.5, 0.6) is 0 Å². The molecule has 1 unspecified atom stereocenters. The van der Waals surface area contributed by atoms with E-state index < -0.39 is 0 Å². The van der Waals surface area contributed by atoms with Crippen LogP contribution in [-0.2, 0) is 17.8 Å². The molecule has 0 radical (unpaired) electrons. The van der Waals surface area contributed by atoms with Crippen molar-refractivity contribution in [3.8, 4) is 0 Å². The number of aromatic nitrogens is 4. The molecule has 1 amide bonds. The van der Waals surface area contributed by atoms with E-state index in [2.05, 4.69) is 63.5 Å². The molecule has 6 nitrogen and oxygen atoms in total. The van der Waals surface area contributed by atoms with E-state index in [-0.39, 0.29) is 17.7 Å². The van der Waals surface area contributed by atoms with Crippen molar-refractivity contribution in [3.05, 3.63) is 80.2 Å². The smallest absolute Gasteiger partial charge is 0.231 e. The third-order valence-corrected chi connectivity index (χ3v) is 7.36. The molecule has 30 heavy (non-hydrogen) atoms. The zero-order valence-corrected chi connectivity index (χ0v) is 18.8. The van der Waals surface area contributed by atoms with Crippen LogP contribution in [0.1, 0.15) is 26.9 Å². The number of hydrogen-bond acceptors (Lipinski definition) is 7. The van der Waals surface area contributed by atoms with Crippen molar-refractivity contribution >= 4 is 40.3 Å². The van der Waals surface area contributed by atoms with Crippen molar-refractivity contribution in [1.29, 1.82) is 0 Å². The molecule has 0 aliphatic carbocycles. The highest BCUT2D eigenvalue weighted by atomic mass is 32.2. The molecule has 0 saturated heterocycles. The quantitative estimate of drug-likeness (QED) is 0.380. The van der Waals surface area contributed by atoms with Crippen molar-refractivity contribution < 1.29 is 4.79 Å². The van der Waals surface area contributed by atoms with E-state index >= 15 is 0 Å². The Bertz CT molecular complexity index is 1060. The average Bonchev–Trinajstić information content (AvgIpc) is 3.53. The highest BCUT2D eigenvalue weighted by molar-refractivity contribution is 7.99. The van der Waals surface area contributed by atoms with E-state index in [0.717, 1.165) is 16.9 Å². The Morgan fingerprint density at radius 2 is 1.93 bits per heavy atom. The summed E-state index contributed by atoms with van der Waals surface area (Å²) in [6.45, 7) is 2.75. The van der Waals surface area contributed by atoms with Gasteiger partial charge in [0, 0.05) is 16.2 Å². The highest BCUT2D eigenvalue weighted by Gasteiger charge is 2.19. The monoisotopic (exact) mass is 455 g/mol. The molecule has 4 aromatic rings. The third kappa shape index (κ3) is 5.35. The summed E-state index contributed by atoms with van der Waals surface area (Å²) in [5.41, 5.74) is 2.27. The second kappa shape index (κ2) is 10.0. The fraction of sp³-hybridized carbons (Fsp3) is 0.238. The van der Waals surface area contributed by atoms with E-state index in [1.54, 1.807) is 27.4 Å². The number of rotatable bonds is 9. The molecule has 3 heterocycles. The highest BCUT2D eigenvalue weighted by Crippen LogP contribution is 2.27. The van der Waals surface area contributed by atoms with Crippen LogP contribution in [0.3, 0.4) is 0 Å². The van der Waals surface area contributed by atoms with Crippen molar-refractivity contribution in [2.75, 3.05) is 5.75 Å². The predicted molar refractivity (Wildman–Crippen MR) is 122 cm³/mol. The number of nitrogens with zero attached hydrogens (tertiary/aromatic N) is 4. The first-order chi connectivity index (χ1) is 14.7. The number of thioether (sulfide) groups is 1. The van der Waals surface area contributed by atoms with Gasteiger partial charge in [-0.15, -0.1) is 27.8 Å². The summed E-state index contributed by atoms with van der Waals surface area (Å²) in [4.78, 5) is 15.1. The van der Waals surface area contributed by atoms with E-state index in [0.29, 0.717) is 11.7 Å².